The summed E-state index contributed by atoms with van der Waals surface area (Å²) in [4.78, 5) is 24.1. The summed E-state index contributed by atoms with van der Waals surface area (Å²) in [5.74, 6) is -1.43. The Bertz CT molecular complexity index is 729. The Kier molecular flexibility index (Phi) is 4.78. The molecule has 6 nitrogen and oxygen atoms in total. The molecule has 2 rings (SSSR count). The van der Waals surface area contributed by atoms with Crippen molar-refractivity contribution in [2.45, 2.75) is 25.8 Å². The van der Waals surface area contributed by atoms with Gasteiger partial charge in [-0.25, -0.2) is 13.9 Å². The largest absolute Gasteiger partial charge is 0.467 e. The summed E-state index contributed by atoms with van der Waals surface area (Å²) in [5, 5.41) is 6.73. The SMILES string of the molecule is CC[C@@](C)(NC(=O)c1ccn(-c2cccc(F)c2)n1)C(=O)OC. The third-order valence-electron chi connectivity index (χ3n) is 3.63. The topological polar surface area (TPSA) is 73.2 Å². The lowest BCUT2D eigenvalue weighted by molar-refractivity contribution is -0.147. The van der Waals surface area contributed by atoms with Crippen LogP contribution in [0, 0.1) is 5.82 Å². The minimum absolute atomic E-state index is 0.123. The monoisotopic (exact) mass is 319 g/mol. The molecule has 0 aliphatic rings. The number of aromatic nitrogens is 2. The van der Waals surface area contributed by atoms with Crippen LogP contribution in [0.1, 0.15) is 30.8 Å². The minimum atomic E-state index is -1.13. The van der Waals surface area contributed by atoms with Gasteiger partial charge in [0.05, 0.1) is 12.8 Å². The normalized spacial score (nSPS) is 13.2. The van der Waals surface area contributed by atoms with E-state index in [4.69, 9.17) is 4.74 Å². The van der Waals surface area contributed by atoms with E-state index in [0.29, 0.717) is 12.1 Å². The van der Waals surface area contributed by atoms with Crippen LogP contribution < -0.4 is 5.32 Å². The first kappa shape index (κ1) is 16.7. The molecule has 1 atom stereocenters. The fourth-order valence-electron chi connectivity index (χ4n) is 2.03. The second kappa shape index (κ2) is 6.60. The zero-order chi connectivity index (χ0) is 17.0. The van der Waals surface area contributed by atoms with Crippen molar-refractivity contribution in [1.82, 2.24) is 15.1 Å². The molecule has 2 aromatic rings. The van der Waals surface area contributed by atoms with Gasteiger partial charge in [0.2, 0.25) is 0 Å². The Morgan fingerprint density at radius 3 is 2.74 bits per heavy atom. The van der Waals surface area contributed by atoms with Crippen LogP contribution in [-0.2, 0) is 9.53 Å². The summed E-state index contributed by atoms with van der Waals surface area (Å²) in [6, 6.07) is 7.34. The van der Waals surface area contributed by atoms with Gasteiger partial charge in [0, 0.05) is 6.20 Å². The molecule has 1 N–H and O–H groups in total. The van der Waals surface area contributed by atoms with Crippen molar-refractivity contribution >= 4 is 11.9 Å². The highest BCUT2D eigenvalue weighted by Gasteiger charge is 2.34. The van der Waals surface area contributed by atoms with Gasteiger partial charge in [-0.05, 0) is 37.6 Å². The number of nitrogens with one attached hydrogen (secondary N) is 1. The summed E-state index contributed by atoms with van der Waals surface area (Å²) in [5.41, 5.74) is -0.512. The average molecular weight is 319 g/mol. The van der Waals surface area contributed by atoms with Crippen LogP contribution in [0.3, 0.4) is 0 Å². The van der Waals surface area contributed by atoms with E-state index in [1.807, 2.05) is 0 Å². The van der Waals surface area contributed by atoms with E-state index in [1.54, 1.807) is 32.2 Å². The Balaban J connectivity index is 2.20. The van der Waals surface area contributed by atoms with Crippen molar-refractivity contribution in [3.63, 3.8) is 0 Å². The first-order chi connectivity index (χ1) is 10.9. The van der Waals surface area contributed by atoms with Crippen LogP contribution in [0.15, 0.2) is 36.5 Å². The summed E-state index contributed by atoms with van der Waals surface area (Å²) in [7, 11) is 1.26. The molecular weight excluding hydrogens is 301 g/mol. The molecule has 0 fully saturated rings. The lowest BCUT2D eigenvalue weighted by Crippen LogP contribution is -2.52. The molecule has 1 aromatic carbocycles. The number of nitrogens with zero attached hydrogens (tertiary/aromatic N) is 2. The van der Waals surface area contributed by atoms with Gasteiger partial charge < -0.3 is 10.1 Å². The maximum absolute atomic E-state index is 13.2. The van der Waals surface area contributed by atoms with Gasteiger partial charge in [0.15, 0.2) is 5.69 Å². The molecular formula is C16H18FN3O3. The smallest absolute Gasteiger partial charge is 0.331 e. The van der Waals surface area contributed by atoms with Crippen LogP contribution >= 0.6 is 0 Å². The van der Waals surface area contributed by atoms with E-state index < -0.39 is 23.2 Å². The number of hydrogen-bond donors (Lipinski definition) is 1. The molecule has 1 heterocycles. The van der Waals surface area contributed by atoms with E-state index in [2.05, 4.69) is 10.4 Å². The lowest BCUT2D eigenvalue weighted by Gasteiger charge is -2.25. The number of benzene rings is 1. The first-order valence-corrected chi connectivity index (χ1v) is 7.12. The second-order valence-electron chi connectivity index (χ2n) is 5.26. The van der Waals surface area contributed by atoms with Gasteiger partial charge in [0.1, 0.15) is 11.4 Å². The highest BCUT2D eigenvalue weighted by Crippen LogP contribution is 2.14. The van der Waals surface area contributed by atoms with E-state index >= 15 is 0 Å². The number of rotatable bonds is 5. The number of esters is 1. The summed E-state index contributed by atoms with van der Waals surface area (Å²) in [6.07, 6.45) is 1.92. The fourth-order valence-corrected chi connectivity index (χ4v) is 2.03. The number of amides is 1. The van der Waals surface area contributed by atoms with Gasteiger partial charge in [-0.3, -0.25) is 4.79 Å². The number of halogens is 1. The molecule has 7 heteroatoms. The summed E-state index contributed by atoms with van der Waals surface area (Å²) >= 11 is 0. The van der Waals surface area contributed by atoms with Crippen molar-refractivity contribution in [2.75, 3.05) is 7.11 Å². The van der Waals surface area contributed by atoms with Crippen LogP contribution in [-0.4, -0.2) is 34.3 Å². The highest BCUT2D eigenvalue weighted by atomic mass is 19.1. The lowest BCUT2D eigenvalue weighted by atomic mass is 9.99. The molecule has 0 saturated carbocycles. The molecule has 0 bridgehead atoms. The van der Waals surface area contributed by atoms with Gasteiger partial charge in [-0.2, -0.15) is 5.10 Å². The first-order valence-electron chi connectivity index (χ1n) is 7.12. The van der Waals surface area contributed by atoms with Crippen LogP contribution in [0.4, 0.5) is 4.39 Å². The van der Waals surface area contributed by atoms with Crippen LogP contribution in [0.2, 0.25) is 0 Å². The predicted molar refractivity (Wildman–Crippen MR) is 81.7 cm³/mol. The second-order valence-corrected chi connectivity index (χ2v) is 5.26. The van der Waals surface area contributed by atoms with Crippen molar-refractivity contribution in [2.24, 2.45) is 0 Å². The molecule has 1 aromatic heterocycles. The quantitative estimate of drug-likeness (QED) is 0.856. The molecule has 23 heavy (non-hydrogen) atoms. The average Bonchev–Trinajstić information content (AvgIpc) is 3.04. The third-order valence-corrected chi connectivity index (χ3v) is 3.63. The highest BCUT2D eigenvalue weighted by molar-refractivity contribution is 5.96. The molecule has 0 radical (unpaired) electrons. The Morgan fingerprint density at radius 2 is 2.13 bits per heavy atom. The van der Waals surface area contributed by atoms with E-state index in [1.165, 1.54) is 30.0 Å². The maximum atomic E-state index is 13.2. The predicted octanol–water partition coefficient (Wildman–Crippen LogP) is 2.08. The number of methoxy groups -OCH3 is 1. The molecule has 0 aliphatic carbocycles. The van der Waals surface area contributed by atoms with Crippen molar-refractivity contribution in [3.05, 3.63) is 48.0 Å². The van der Waals surface area contributed by atoms with Crippen molar-refractivity contribution in [3.8, 4) is 5.69 Å². The minimum Gasteiger partial charge on any atom is -0.467 e. The fraction of sp³-hybridized carbons (Fsp3) is 0.312. The van der Waals surface area contributed by atoms with E-state index in [-0.39, 0.29) is 5.69 Å². The zero-order valence-electron chi connectivity index (χ0n) is 13.2. The summed E-state index contributed by atoms with van der Waals surface area (Å²) < 4.78 is 19.3. The Morgan fingerprint density at radius 1 is 1.39 bits per heavy atom. The maximum Gasteiger partial charge on any atom is 0.331 e. The third kappa shape index (κ3) is 3.56. The van der Waals surface area contributed by atoms with Crippen molar-refractivity contribution < 1.29 is 18.7 Å². The Labute approximate surface area is 133 Å². The van der Waals surface area contributed by atoms with E-state index in [9.17, 15) is 14.0 Å². The molecule has 0 unspecified atom stereocenters. The molecule has 0 spiro atoms. The van der Waals surface area contributed by atoms with Gasteiger partial charge in [-0.1, -0.05) is 13.0 Å². The van der Waals surface area contributed by atoms with Gasteiger partial charge in [-0.15, -0.1) is 0 Å². The summed E-state index contributed by atoms with van der Waals surface area (Å²) in [6.45, 7) is 3.35. The number of carbonyl (C=O) groups is 2. The molecule has 1 amide bonds. The van der Waals surface area contributed by atoms with E-state index in [0.717, 1.165) is 0 Å². The number of ether oxygens (including phenoxy) is 1. The van der Waals surface area contributed by atoms with Gasteiger partial charge in [0.25, 0.3) is 5.91 Å². The van der Waals surface area contributed by atoms with Gasteiger partial charge >= 0.3 is 5.97 Å². The standard InChI is InChI=1S/C16H18FN3O3/c1-4-16(2,15(22)23-3)18-14(21)13-8-9-20(19-13)12-7-5-6-11(17)10-12/h5-10H,4H2,1-3H3,(H,18,21)/t16-/m1/s1. The number of hydrogen-bond acceptors (Lipinski definition) is 4. The molecule has 122 valence electrons. The van der Waals surface area contributed by atoms with Crippen LogP contribution in [0.25, 0.3) is 5.69 Å². The zero-order valence-corrected chi connectivity index (χ0v) is 13.2. The molecule has 0 aliphatic heterocycles. The van der Waals surface area contributed by atoms with Crippen molar-refractivity contribution in [1.29, 1.82) is 0 Å². The molecule has 0 saturated heterocycles. The Hall–Kier alpha value is -2.70. The van der Waals surface area contributed by atoms with Crippen LogP contribution in [0.5, 0.6) is 0 Å². The number of carbonyl (C=O) groups excluding carboxylic acids is 2.